The summed E-state index contributed by atoms with van der Waals surface area (Å²) in [6, 6.07) is 0. The van der Waals surface area contributed by atoms with Crippen molar-refractivity contribution in [3.8, 4) is 0 Å². The zero-order chi connectivity index (χ0) is 12.8. The number of carbonyl (C=O) groups is 1. The van der Waals surface area contributed by atoms with E-state index in [4.69, 9.17) is 18.9 Å². The normalized spacial score (nSPS) is 28.8. The van der Waals surface area contributed by atoms with Gasteiger partial charge >= 0.3 is 5.97 Å². The molecule has 5 heteroatoms. The van der Waals surface area contributed by atoms with Crippen LogP contribution in [0.5, 0.6) is 0 Å². The van der Waals surface area contributed by atoms with Crippen LogP contribution in [0.25, 0.3) is 0 Å². The third kappa shape index (κ3) is 3.54. The minimum atomic E-state index is -0.225. The quantitative estimate of drug-likeness (QED) is 0.283. The summed E-state index contributed by atoms with van der Waals surface area (Å²) in [5.74, 6) is -0.385. The molecule has 3 unspecified atom stereocenters. The van der Waals surface area contributed by atoms with Crippen molar-refractivity contribution in [2.45, 2.75) is 32.0 Å². The smallest absolute Gasteiger partial charge is 0.314 e. The van der Waals surface area contributed by atoms with Crippen LogP contribution >= 0.6 is 0 Å². The maximum absolute atomic E-state index is 11.7. The van der Waals surface area contributed by atoms with E-state index < -0.39 is 0 Å². The highest BCUT2D eigenvalue weighted by Crippen LogP contribution is 2.34. The molecule has 1 fully saturated rings. The Morgan fingerprint density at radius 1 is 1.33 bits per heavy atom. The summed E-state index contributed by atoms with van der Waals surface area (Å²) in [6.45, 7) is 3.90. The molecule has 3 atom stereocenters. The average molecular weight is 256 g/mol. The zero-order valence-corrected chi connectivity index (χ0v) is 10.7. The molecule has 0 spiro atoms. The van der Waals surface area contributed by atoms with Crippen LogP contribution in [-0.2, 0) is 23.7 Å². The number of ether oxygens (including phenoxy) is 4. The van der Waals surface area contributed by atoms with E-state index in [9.17, 15) is 4.79 Å². The Balaban J connectivity index is 1.52. The van der Waals surface area contributed by atoms with Gasteiger partial charge in [-0.25, -0.2) is 0 Å². The molecular formula is C13H20O5. The van der Waals surface area contributed by atoms with E-state index in [1.54, 1.807) is 0 Å². The molecule has 18 heavy (non-hydrogen) atoms. The van der Waals surface area contributed by atoms with Gasteiger partial charge < -0.3 is 18.9 Å². The first kappa shape index (κ1) is 13.5. The van der Waals surface area contributed by atoms with E-state index in [0.717, 1.165) is 12.8 Å². The van der Waals surface area contributed by atoms with Crippen LogP contribution in [0, 0.1) is 5.92 Å². The Labute approximate surface area is 107 Å². The van der Waals surface area contributed by atoms with Crippen molar-refractivity contribution in [1.82, 2.24) is 0 Å². The van der Waals surface area contributed by atoms with Gasteiger partial charge in [-0.2, -0.15) is 0 Å². The SMILES string of the molecule is CCOCCCOCOC(=O)C1CC2C=CC1O2. The average Bonchev–Trinajstić information content (AvgIpc) is 2.99. The van der Waals surface area contributed by atoms with Crippen molar-refractivity contribution in [3.63, 3.8) is 0 Å². The van der Waals surface area contributed by atoms with Crippen molar-refractivity contribution in [3.05, 3.63) is 12.2 Å². The Bertz CT molecular complexity index is 302. The van der Waals surface area contributed by atoms with Gasteiger partial charge in [0.1, 0.15) is 0 Å². The van der Waals surface area contributed by atoms with Crippen LogP contribution in [0.1, 0.15) is 19.8 Å². The lowest BCUT2D eigenvalue weighted by Crippen LogP contribution is -2.26. The molecule has 0 amide bonds. The molecule has 0 aromatic rings. The van der Waals surface area contributed by atoms with Crippen LogP contribution in [0.2, 0.25) is 0 Å². The monoisotopic (exact) mass is 256 g/mol. The number of hydrogen-bond acceptors (Lipinski definition) is 5. The molecule has 2 bridgehead atoms. The molecule has 2 rings (SSSR count). The Morgan fingerprint density at radius 2 is 2.17 bits per heavy atom. The summed E-state index contributed by atoms with van der Waals surface area (Å²) in [5, 5.41) is 0. The van der Waals surface area contributed by atoms with E-state index >= 15 is 0 Å². The van der Waals surface area contributed by atoms with E-state index in [0.29, 0.717) is 19.8 Å². The molecule has 0 aliphatic carbocycles. The van der Waals surface area contributed by atoms with Gasteiger partial charge in [-0.1, -0.05) is 12.2 Å². The highest BCUT2D eigenvalue weighted by atomic mass is 16.7. The van der Waals surface area contributed by atoms with Crippen LogP contribution in [-0.4, -0.2) is 44.8 Å². The van der Waals surface area contributed by atoms with Gasteiger partial charge in [-0.05, 0) is 19.8 Å². The lowest BCUT2D eigenvalue weighted by Gasteiger charge is -2.14. The summed E-state index contributed by atoms with van der Waals surface area (Å²) < 4.78 is 21.0. The first-order valence-electron chi connectivity index (χ1n) is 6.47. The first-order chi connectivity index (χ1) is 8.81. The third-order valence-electron chi connectivity index (χ3n) is 3.10. The Hall–Kier alpha value is -0.910. The van der Waals surface area contributed by atoms with E-state index in [1.165, 1.54) is 0 Å². The fourth-order valence-corrected chi connectivity index (χ4v) is 2.18. The second kappa shape index (κ2) is 6.87. The predicted octanol–water partition coefficient (Wildman–Crippen LogP) is 1.27. The van der Waals surface area contributed by atoms with Crippen LogP contribution in [0.4, 0.5) is 0 Å². The van der Waals surface area contributed by atoms with Crippen LogP contribution in [0.3, 0.4) is 0 Å². The predicted molar refractivity (Wildman–Crippen MR) is 63.9 cm³/mol. The largest absolute Gasteiger partial charge is 0.438 e. The summed E-state index contributed by atoms with van der Waals surface area (Å²) in [6.07, 6.45) is 5.47. The number of rotatable bonds is 8. The molecule has 5 nitrogen and oxygen atoms in total. The van der Waals surface area contributed by atoms with Crippen LogP contribution in [0.15, 0.2) is 12.2 Å². The molecule has 0 radical (unpaired) electrons. The maximum Gasteiger partial charge on any atom is 0.314 e. The highest BCUT2D eigenvalue weighted by molar-refractivity contribution is 5.74. The second-order valence-corrected chi connectivity index (χ2v) is 4.41. The van der Waals surface area contributed by atoms with Gasteiger partial charge in [-0.15, -0.1) is 0 Å². The van der Waals surface area contributed by atoms with Crippen molar-refractivity contribution in [2.75, 3.05) is 26.6 Å². The third-order valence-corrected chi connectivity index (χ3v) is 3.10. The fourth-order valence-electron chi connectivity index (χ4n) is 2.18. The fraction of sp³-hybridized carbons (Fsp3) is 0.769. The Kier molecular flexibility index (Phi) is 5.16. The van der Waals surface area contributed by atoms with Crippen molar-refractivity contribution < 1.29 is 23.7 Å². The van der Waals surface area contributed by atoms with Gasteiger partial charge in [0.2, 0.25) is 0 Å². The minimum absolute atomic E-state index is 0.0164. The minimum Gasteiger partial charge on any atom is -0.438 e. The van der Waals surface area contributed by atoms with E-state index in [1.807, 2.05) is 19.1 Å². The lowest BCUT2D eigenvalue weighted by molar-refractivity contribution is -0.162. The number of carbonyl (C=O) groups excluding carboxylic acids is 1. The van der Waals surface area contributed by atoms with E-state index in [-0.39, 0.29) is 30.9 Å². The van der Waals surface area contributed by atoms with Gasteiger partial charge in [-0.3, -0.25) is 4.79 Å². The first-order valence-corrected chi connectivity index (χ1v) is 6.47. The van der Waals surface area contributed by atoms with E-state index in [2.05, 4.69) is 0 Å². The standard InChI is InChI=1S/C13H20O5/c1-2-15-6-3-7-16-9-17-13(14)11-8-10-4-5-12(11)18-10/h4-5,10-12H,2-3,6-9H2,1H3. The highest BCUT2D eigenvalue weighted by Gasteiger charge is 2.41. The molecule has 2 aliphatic heterocycles. The molecular weight excluding hydrogens is 236 g/mol. The van der Waals surface area contributed by atoms with Crippen LogP contribution < -0.4 is 0 Å². The molecule has 102 valence electrons. The van der Waals surface area contributed by atoms with Gasteiger partial charge in [0.25, 0.3) is 0 Å². The van der Waals surface area contributed by atoms with Crippen molar-refractivity contribution in [1.29, 1.82) is 0 Å². The van der Waals surface area contributed by atoms with Gasteiger partial charge in [0, 0.05) is 13.2 Å². The number of fused-ring (bicyclic) bond motifs is 2. The van der Waals surface area contributed by atoms with Gasteiger partial charge in [0.15, 0.2) is 6.79 Å². The van der Waals surface area contributed by atoms with Gasteiger partial charge in [0.05, 0.1) is 24.7 Å². The molecule has 2 heterocycles. The zero-order valence-electron chi connectivity index (χ0n) is 10.7. The molecule has 0 aromatic heterocycles. The second-order valence-electron chi connectivity index (χ2n) is 4.41. The molecule has 0 aromatic carbocycles. The van der Waals surface area contributed by atoms with Crippen molar-refractivity contribution in [2.24, 2.45) is 5.92 Å². The number of hydrogen-bond donors (Lipinski definition) is 0. The summed E-state index contributed by atoms with van der Waals surface area (Å²) >= 11 is 0. The van der Waals surface area contributed by atoms with Crippen molar-refractivity contribution >= 4 is 5.97 Å². The molecule has 1 saturated heterocycles. The summed E-state index contributed by atoms with van der Waals surface area (Å²) in [4.78, 5) is 11.7. The topological polar surface area (TPSA) is 54.0 Å². The summed E-state index contributed by atoms with van der Waals surface area (Å²) in [5.41, 5.74) is 0. The molecule has 0 saturated carbocycles. The summed E-state index contributed by atoms with van der Waals surface area (Å²) in [7, 11) is 0. The number of esters is 1. The lowest BCUT2D eigenvalue weighted by atomic mass is 9.95. The maximum atomic E-state index is 11.7. The molecule has 2 aliphatic rings. The molecule has 0 N–H and O–H groups in total. The Morgan fingerprint density at radius 3 is 2.83 bits per heavy atom.